The van der Waals surface area contributed by atoms with E-state index in [1.54, 1.807) is 12.1 Å². The summed E-state index contributed by atoms with van der Waals surface area (Å²) in [6, 6.07) is 6.58. The molecule has 1 aromatic rings. The monoisotopic (exact) mass is 217 g/mol. The summed E-state index contributed by atoms with van der Waals surface area (Å²) in [4.78, 5) is 0. The van der Waals surface area contributed by atoms with Crippen molar-refractivity contribution in [1.29, 1.82) is 0 Å². The number of hydrogen-bond acceptors (Lipinski definition) is 1. The molecule has 14 heavy (non-hydrogen) atoms. The second kappa shape index (κ2) is 6.80. The van der Waals surface area contributed by atoms with Gasteiger partial charge in [0.15, 0.2) is 0 Å². The zero-order valence-corrected chi connectivity index (χ0v) is 9.19. The molecule has 1 atom stereocenters. The first-order chi connectivity index (χ1) is 6.25. The van der Waals surface area contributed by atoms with Gasteiger partial charge in [0.05, 0.1) is 0 Å². The largest absolute Gasteiger partial charge is 0.324 e. The van der Waals surface area contributed by atoms with E-state index in [1.165, 1.54) is 6.07 Å². The summed E-state index contributed by atoms with van der Waals surface area (Å²) in [5.41, 5.74) is 6.48. The highest BCUT2D eigenvalue weighted by atomic mass is 35.5. The summed E-state index contributed by atoms with van der Waals surface area (Å²) >= 11 is 0. The first-order valence-corrected chi connectivity index (χ1v) is 4.75. The maximum absolute atomic E-state index is 13.2. The summed E-state index contributed by atoms with van der Waals surface area (Å²) in [6.45, 7) is 2.11. The Kier molecular flexibility index (Phi) is 6.50. The van der Waals surface area contributed by atoms with Gasteiger partial charge in [0, 0.05) is 11.6 Å². The molecule has 0 radical (unpaired) electrons. The minimum Gasteiger partial charge on any atom is -0.324 e. The molecule has 3 heteroatoms. The Balaban J connectivity index is 0.00000169. The number of halogens is 2. The Bertz CT molecular complexity index is 265. The summed E-state index contributed by atoms with van der Waals surface area (Å²) < 4.78 is 13.2. The van der Waals surface area contributed by atoms with E-state index >= 15 is 0 Å². The Labute approximate surface area is 90.9 Å². The van der Waals surface area contributed by atoms with Crippen LogP contribution in [0.1, 0.15) is 37.8 Å². The Morgan fingerprint density at radius 1 is 1.36 bits per heavy atom. The lowest BCUT2D eigenvalue weighted by molar-refractivity contribution is 0.548. The van der Waals surface area contributed by atoms with Gasteiger partial charge in [-0.3, -0.25) is 0 Å². The second-order valence-corrected chi connectivity index (χ2v) is 3.27. The molecule has 1 unspecified atom stereocenters. The molecule has 1 aromatic carbocycles. The standard InChI is InChI=1S/C11H16FN.ClH/c1-2-3-8-11(13)9-6-4-5-7-10(9)12;/h4-7,11H,2-3,8,13H2,1H3;1H. The van der Waals surface area contributed by atoms with Crippen LogP contribution in [0.2, 0.25) is 0 Å². The molecule has 0 spiro atoms. The van der Waals surface area contributed by atoms with Gasteiger partial charge in [-0.2, -0.15) is 0 Å². The molecule has 0 aliphatic heterocycles. The van der Waals surface area contributed by atoms with Crippen molar-refractivity contribution in [2.45, 2.75) is 32.2 Å². The fourth-order valence-electron chi connectivity index (χ4n) is 1.36. The van der Waals surface area contributed by atoms with Crippen LogP contribution in [0.4, 0.5) is 4.39 Å². The van der Waals surface area contributed by atoms with Gasteiger partial charge in [-0.05, 0) is 12.5 Å². The number of nitrogens with two attached hydrogens (primary N) is 1. The molecule has 0 aliphatic rings. The minimum atomic E-state index is -0.189. The van der Waals surface area contributed by atoms with Crippen molar-refractivity contribution in [2.75, 3.05) is 0 Å². The summed E-state index contributed by atoms with van der Waals surface area (Å²) in [5, 5.41) is 0. The van der Waals surface area contributed by atoms with Gasteiger partial charge < -0.3 is 5.73 Å². The third kappa shape index (κ3) is 3.64. The molecule has 0 fully saturated rings. The summed E-state index contributed by atoms with van der Waals surface area (Å²) in [5.74, 6) is -0.189. The lowest BCUT2D eigenvalue weighted by atomic mass is 10.0. The van der Waals surface area contributed by atoms with E-state index in [1.807, 2.05) is 6.07 Å². The van der Waals surface area contributed by atoms with Crippen LogP contribution in [-0.2, 0) is 0 Å². The predicted octanol–water partition coefficient (Wildman–Crippen LogP) is 3.44. The minimum absolute atomic E-state index is 0. The average molecular weight is 218 g/mol. The molecule has 0 aromatic heterocycles. The molecule has 0 bridgehead atoms. The fraction of sp³-hybridized carbons (Fsp3) is 0.455. The number of hydrogen-bond donors (Lipinski definition) is 1. The van der Waals surface area contributed by atoms with Crippen molar-refractivity contribution < 1.29 is 4.39 Å². The molecule has 2 N–H and O–H groups in total. The zero-order valence-electron chi connectivity index (χ0n) is 8.37. The molecular weight excluding hydrogens is 201 g/mol. The highest BCUT2D eigenvalue weighted by molar-refractivity contribution is 5.85. The molecule has 0 heterocycles. The topological polar surface area (TPSA) is 26.0 Å². The van der Waals surface area contributed by atoms with Crippen molar-refractivity contribution in [3.63, 3.8) is 0 Å². The van der Waals surface area contributed by atoms with Crippen LogP contribution in [0.3, 0.4) is 0 Å². The van der Waals surface area contributed by atoms with Crippen LogP contribution in [0, 0.1) is 5.82 Å². The Hall–Kier alpha value is -0.600. The van der Waals surface area contributed by atoms with Crippen molar-refractivity contribution in [1.82, 2.24) is 0 Å². The van der Waals surface area contributed by atoms with Crippen molar-refractivity contribution >= 4 is 12.4 Å². The summed E-state index contributed by atoms with van der Waals surface area (Å²) in [7, 11) is 0. The Morgan fingerprint density at radius 3 is 2.57 bits per heavy atom. The van der Waals surface area contributed by atoms with Crippen molar-refractivity contribution in [3.05, 3.63) is 35.6 Å². The number of benzene rings is 1. The third-order valence-electron chi connectivity index (χ3n) is 2.17. The summed E-state index contributed by atoms with van der Waals surface area (Å²) in [6.07, 6.45) is 3.01. The Morgan fingerprint density at radius 2 is 2.00 bits per heavy atom. The normalized spacial score (nSPS) is 11.9. The van der Waals surface area contributed by atoms with Gasteiger partial charge in [0.1, 0.15) is 5.82 Å². The smallest absolute Gasteiger partial charge is 0.127 e. The molecule has 0 amide bonds. The molecule has 0 aliphatic carbocycles. The SMILES string of the molecule is CCCCC(N)c1ccccc1F.Cl. The van der Waals surface area contributed by atoms with Crippen LogP contribution in [-0.4, -0.2) is 0 Å². The van der Waals surface area contributed by atoms with Crippen LogP contribution in [0.25, 0.3) is 0 Å². The lowest BCUT2D eigenvalue weighted by Gasteiger charge is -2.11. The first-order valence-electron chi connectivity index (χ1n) is 4.75. The van der Waals surface area contributed by atoms with E-state index in [9.17, 15) is 4.39 Å². The molecule has 0 saturated heterocycles. The molecular formula is C11H17ClFN. The maximum atomic E-state index is 13.2. The average Bonchev–Trinajstić information content (AvgIpc) is 2.15. The van der Waals surface area contributed by atoms with Crippen LogP contribution >= 0.6 is 12.4 Å². The molecule has 1 nitrogen and oxygen atoms in total. The van der Waals surface area contributed by atoms with Gasteiger partial charge in [0.2, 0.25) is 0 Å². The van der Waals surface area contributed by atoms with Crippen LogP contribution < -0.4 is 5.73 Å². The van der Waals surface area contributed by atoms with E-state index in [4.69, 9.17) is 5.73 Å². The van der Waals surface area contributed by atoms with Gasteiger partial charge >= 0.3 is 0 Å². The second-order valence-electron chi connectivity index (χ2n) is 3.27. The molecule has 1 rings (SSSR count). The molecule has 80 valence electrons. The van der Waals surface area contributed by atoms with Crippen molar-refractivity contribution in [3.8, 4) is 0 Å². The van der Waals surface area contributed by atoms with Crippen molar-refractivity contribution in [2.24, 2.45) is 5.73 Å². The fourth-order valence-corrected chi connectivity index (χ4v) is 1.36. The van der Waals surface area contributed by atoms with E-state index in [2.05, 4.69) is 6.92 Å². The quantitative estimate of drug-likeness (QED) is 0.822. The lowest BCUT2D eigenvalue weighted by Crippen LogP contribution is -2.11. The first kappa shape index (κ1) is 13.4. The van der Waals surface area contributed by atoms with Crippen LogP contribution in [0.5, 0.6) is 0 Å². The highest BCUT2D eigenvalue weighted by Crippen LogP contribution is 2.19. The van der Waals surface area contributed by atoms with Gasteiger partial charge in [-0.1, -0.05) is 38.0 Å². The predicted molar refractivity (Wildman–Crippen MR) is 60.1 cm³/mol. The van der Waals surface area contributed by atoms with E-state index in [-0.39, 0.29) is 24.3 Å². The van der Waals surface area contributed by atoms with Gasteiger partial charge in [-0.25, -0.2) is 4.39 Å². The number of unbranched alkanes of at least 4 members (excludes halogenated alkanes) is 1. The zero-order chi connectivity index (χ0) is 9.68. The van der Waals surface area contributed by atoms with Crippen LogP contribution in [0.15, 0.2) is 24.3 Å². The third-order valence-corrected chi connectivity index (χ3v) is 2.17. The van der Waals surface area contributed by atoms with E-state index in [0.717, 1.165) is 19.3 Å². The van der Waals surface area contributed by atoms with Gasteiger partial charge in [0.25, 0.3) is 0 Å². The van der Waals surface area contributed by atoms with Gasteiger partial charge in [-0.15, -0.1) is 12.4 Å². The number of rotatable bonds is 4. The highest BCUT2D eigenvalue weighted by Gasteiger charge is 2.09. The molecule has 0 saturated carbocycles. The van der Waals surface area contributed by atoms with E-state index in [0.29, 0.717) is 5.56 Å². The maximum Gasteiger partial charge on any atom is 0.127 e. The van der Waals surface area contributed by atoms with E-state index < -0.39 is 0 Å².